The van der Waals surface area contributed by atoms with Crippen LogP contribution in [-0.2, 0) is 30.3 Å². The van der Waals surface area contributed by atoms with Crippen molar-refractivity contribution in [3.8, 4) is 0 Å². The molecule has 0 fully saturated rings. The van der Waals surface area contributed by atoms with E-state index in [4.69, 9.17) is 9.47 Å². The highest BCUT2D eigenvalue weighted by atomic mass is 16.6. The lowest BCUT2D eigenvalue weighted by Crippen LogP contribution is -2.47. The second-order valence-corrected chi connectivity index (χ2v) is 9.35. The molecule has 0 aliphatic rings. The van der Waals surface area contributed by atoms with Gasteiger partial charge in [-0.25, -0.2) is 4.79 Å². The number of hydrogen-bond donors (Lipinski definition) is 1. The highest BCUT2D eigenvalue weighted by Gasteiger charge is 2.30. The maximum Gasteiger partial charge on any atom is 0.329 e. The normalized spacial score (nSPS) is 13.6. The second-order valence-electron chi connectivity index (χ2n) is 9.35. The summed E-state index contributed by atoms with van der Waals surface area (Å²) in [7, 11) is 0. The summed E-state index contributed by atoms with van der Waals surface area (Å²) in [6, 6.07) is 8.62. The van der Waals surface area contributed by atoms with E-state index in [0.29, 0.717) is 12.8 Å². The van der Waals surface area contributed by atoms with E-state index in [-0.39, 0.29) is 24.3 Å². The number of nitrogens with one attached hydrogen (secondary N) is 1. The van der Waals surface area contributed by atoms with Gasteiger partial charge in [-0.05, 0) is 52.5 Å². The van der Waals surface area contributed by atoms with Crippen LogP contribution in [0.1, 0.15) is 66.9 Å². The van der Waals surface area contributed by atoms with Crippen LogP contribution in [0.25, 0.3) is 0 Å². The largest absolute Gasteiger partial charge is 0.461 e. The molecule has 0 aromatic heterocycles. The monoisotopic (exact) mass is 419 g/mol. The van der Waals surface area contributed by atoms with Crippen molar-refractivity contribution in [2.75, 3.05) is 0 Å². The van der Waals surface area contributed by atoms with Gasteiger partial charge >= 0.3 is 11.9 Å². The number of benzene rings is 1. The minimum Gasteiger partial charge on any atom is -0.461 e. The van der Waals surface area contributed by atoms with E-state index in [9.17, 15) is 14.4 Å². The van der Waals surface area contributed by atoms with Crippen LogP contribution in [0.3, 0.4) is 0 Å². The fraction of sp³-hybridized carbons (Fsp3) is 0.625. The summed E-state index contributed by atoms with van der Waals surface area (Å²) in [6.07, 6.45) is 0.515. The predicted octanol–water partition coefficient (Wildman–Crippen LogP) is 4.06. The van der Waals surface area contributed by atoms with E-state index < -0.39 is 29.5 Å². The number of ether oxygens (including phenoxy) is 2. The van der Waals surface area contributed by atoms with Crippen LogP contribution in [-0.4, -0.2) is 35.6 Å². The van der Waals surface area contributed by atoms with Crippen LogP contribution >= 0.6 is 0 Å². The third-order valence-electron chi connectivity index (χ3n) is 4.20. The Morgan fingerprint density at radius 2 is 1.60 bits per heavy atom. The van der Waals surface area contributed by atoms with Gasteiger partial charge in [0.15, 0.2) is 0 Å². The summed E-state index contributed by atoms with van der Waals surface area (Å²) >= 11 is 0. The first-order valence-electron chi connectivity index (χ1n) is 10.6. The Labute approximate surface area is 180 Å². The number of hydrogen-bond acceptors (Lipinski definition) is 5. The molecule has 168 valence electrons. The average molecular weight is 420 g/mol. The van der Waals surface area contributed by atoms with E-state index in [2.05, 4.69) is 5.32 Å². The standard InChI is InChI=1S/C24H37NO5/c1-16(2)13-19(15-21(26)30-24(5,6)7)22(27)25-20(23(28)29-17(3)4)14-18-11-9-8-10-12-18/h8-12,16-17,19-20H,13-15H2,1-7H3,(H,25,27)/t19-,20+/m1/s1. The summed E-state index contributed by atoms with van der Waals surface area (Å²) in [5.41, 5.74) is 0.295. The van der Waals surface area contributed by atoms with E-state index in [1.807, 2.05) is 44.2 Å². The van der Waals surface area contributed by atoms with Crippen molar-refractivity contribution in [3.05, 3.63) is 35.9 Å². The molecule has 1 aromatic rings. The van der Waals surface area contributed by atoms with Gasteiger partial charge in [-0.15, -0.1) is 0 Å². The van der Waals surface area contributed by atoms with Crippen molar-refractivity contribution < 1.29 is 23.9 Å². The van der Waals surface area contributed by atoms with E-state index in [0.717, 1.165) is 5.56 Å². The van der Waals surface area contributed by atoms with Gasteiger partial charge in [0.25, 0.3) is 0 Å². The summed E-state index contributed by atoms with van der Waals surface area (Å²) < 4.78 is 10.7. The Morgan fingerprint density at radius 1 is 1.00 bits per heavy atom. The SMILES string of the molecule is CC(C)C[C@H](CC(=O)OC(C)(C)C)C(=O)N[C@@H](Cc1ccccc1)C(=O)OC(C)C. The summed E-state index contributed by atoms with van der Waals surface area (Å²) in [5.74, 6) is -1.62. The van der Waals surface area contributed by atoms with Crippen molar-refractivity contribution in [2.24, 2.45) is 11.8 Å². The van der Waals surface area contributed by atoms with Gasteiger partial charge in [0.05, 0.1) is 12.5 Å². The van der Waals surface area contributed by atoms with Crippen LogP contribution in [0.4, 0.5) is 0 Å². The third-order valence-corrected chi connectivity index (χ3v) is 4.20. The zero-order valence-electron chi connectivity index (χ0n) is 19.4. The molecule has 0 bridgehead atoms. The van der Waals surface area contributed by atoms with Gasteiger partial charge in [-0.3, -0.25) is 9.59 Å². The summed E-state index contributed by atoms with van der Waals surface area (Å²) in [5, 5.41) is 2.82. The Hall–Kier alpha value is -2.37. The molecule has 1 N–H and O–H groups in total. The lowest BCUT2D eigenvalue weighted by molar-refractivity contribution is -0.157. The van der Waals surface area contributed by atoms with Crippen molar-refractivity contribution in [2.45, 2.75) is 85.5 Å². The molecule has 1 aromatic carbocycles. The molecule has 6 heteroatoms. The topological polar surface area (TPSA) is 81.7 Å². The highest BCUT2D eigenvalue weighted by Crippen LogP contribution is 2.19. The number of esters is 2. The zero-order chi connectivity index (χ0) is 22.9. The van der Waals surface area contributed by atoms with Crippen molar-refractivity contribution in [1.82, 2.24) is 5.32 Å². The fourth-order valence-corrected chi connectivity index (χ4v) is 3.08. The third kappa shape index (κ3) is 10.4. The smallest absolute Gasteiger partial charge is 0.329 e. The first-order chi connectivity index (χ1) is 13.9. The Balaban J connectivity index is 2.96. The maximum absolute atomic E-state index is 13.0. The van der Waals surface area contributed by atoms with Gasteiger partial charge in [-0.2, -0.15) is 0 Å². The average Bonchev–Trinajstić information content (AvgIpc) is 2.58. The molecule has 30 heavy (non-hydrogen) atoms. The van der Waals surface area contributed by atoms with Crippen molar-refractivity contribution >= 4 is 17.8 Å². The maximum atomic E-state index is 13.0. The minimum absolute atomic E-state index is 0.0292. The van der Waals surface area contributed by atoms with E-state index >= 15 is 0 Å². The van der Waals surface area contributed by atoms with Gasteiger partial charge in [0.2, 0.25) is 5.91 Å². The Kier molecular flexibility index (Phi) is 10.0. The summed E-state index contributed by atoms with van der Waals surface area (Å²) in [4.78, 5) is 38.0. The van der Waals surface area contributed by atoms with Gasteiger partial charge in [-0.1, -0.05) is 44.2 Å². The predicted molar refractivity (Wildman–Crippen MR) is 117 cm³/mol. The number of carbonyl (C=O) groups excluding carboxylic acids is 3. The first-order valence-corrected chi connectivity index (χ1v) is 10.6. The Morgan fingerprint density at radius 3 is 2.10 bits per heavy atom. The molecule has 0 unspecified atom stereocenters. The van der Waals surface area contributed by atoms with Crippen LogP contribution in [0.15, 0.2) is 30.3 Å². The van der Waals surface area contributed by atoms with E-state index in [1.165, 1.54) is 0 Å². The quantitative estimate of drug-likeness (QED) is 0.579. The molecular weight excluding hydrogens is 382 g/mol. The van der Waals surface area contributed by atoms with Gasteiger partial charge in [0, 0.05) is 12.3 Å². The molecule has 1 rings (SSSR count). The lowest BCUT2D eigenvalue weighted by Gasteiger charge is -2.25. The lowest BCUT2D eigenvalue weighted by atomic mass is 9.92. The molecule has 0 saturated heterocycles. The number of carbonyl (C=O) groups is 3. The highest BCUT2D eigenvalue weighted by molar-refractivity contribution is 5.88. The second kappa shape index (κ2) is 11.7. The van der Waals surface area contributed by atoms with Crippen LogP contribution in [0.2, 0.25) is 0 Å². The van der Waals surface area contributed by atoms with Crippen LogP contribution < -0.4 is 5.32 Å². The Bertz CT molecular complexity index is 691. The van der Waals surface area contributed by atoms with Crippen LogP contribution in [0, 0.1) is 11.8 Å². The number of rotatable bonds is 10. The molecule has 0 aliphatic heterocycles. The van der Waals surface area contributed by atoms with Crippen LogP contribution in [0.5, 0.6) is 0 Å². The fourth-order valence-electron chi connectivity index (χ4n) is 3.08. The molecule has 0 aliphatic carbocycles. The molecule has 2 atom stereocenters. The minimum atomic E-state index is -0.824. The van der Waals surface area contributed by atoms with Gasteiger partial charge in [0.1, 0.15) is 11.6 Å². The summed E-state index contributed by atoms with van der Waals surface area (Å²) in [6.45, 7) is 12.9. The van der Waals surface area contributed by atoms with Gasteiger partial charge < -0.3 is 14.8 Å². The molecule has 0 saturated carbocycles. The molecule has 1 amide bonds. The molecular formula is C24H37NO5. The molecule has 0 spiro atoms. The van der Waals surface area contributed by atoms with Crippen molar-refractivity contribution in [3.63, 3.8) is 0 Å². The molecule has 0 heterocycles. The van der Waals surface area contributed by atoms with E-state index in [1.54, 1.807) is 34.6 Å². The number of amides is 1. The first kappa shape index (κ1) is 25.7. The molecule has 0 radical (unpaired) electrons. The molecule has 6 nitrogen and oxygen atoms in total. The zero-order valence-corrected chi connectivity index (χ0v) is 19.4. The van der Waals surface area contributed by atoms with Crippen molar-refractivity contribution in [1.29, 1.82) is 0 Å².